The molecular formula is C24H23KN4O10. The second kappa shape index (κ2) is 16.4. The molecular weight excluding hydrogens is 543 g/mol. The fourth-order valence-electron chi connectivity index (χ4n) is 2.56. The number of hydrogen-bond donors (Lipinski definition) is 2. The van der Waals surface area contributed by atoms with Gasteiger partial charge in [0.05, 0.1) is 24.6 Å². The van der Waals surface area contributed by atoms with E-state index in [0.29, 0.717) is 11.3 Å². The van der Waals surface area contributed by atoms with Crippen LogP contribution in [0.15, 0.2) is 57.9 Å². The Balaban J connectivity index is 0.000000691. The SMILES string of the molecule is C.CCOC(=O)c1cnc(-c2ccc(C(C)=O)cn2)o1.O=C(O)c1ccc(-c2ncc(C(=O)O)o2)nc1.[K+].[OH-]. The van der Waals surface area contributed by atoms with E-state index in [0.717, 1.165) is 12.4 Å². The van der Waals surface area contributed by atoms with E-state index >= 15 is 0 Å². The summed E-state index contributed by atoms with van der Waals surface area (Å²) in [6.45, 7) is 3.43. The maximum atomic E-state index is 11.4. The minimum Gasteiger partial charge on any atom is -0.870 e. The van der Waals surface area contributed by atoms with Crippen molar-refractivity contribution in [3.63, 3.8) is 0 Å². The van der Waals surface area contributed by atoms with Crippen LogP contribution in [0.4, 0.5) is 0 Å². The number of Topliss-reactive ketones (excluding diaryl/α,β-unsaturated/α-hetero) is 1. The molecule has 4 rings (SSSR count). The van der Waals surface area contributed by atoms with Crippen LogP contribution in [0.25, 0.3) is 23.2 Å². The van der Waals surface area contributed by atoms with Crippen LogP contribution in [-0.2, 0) is 4.74 Å². The summed E-state index contributed by atoms with van der Waals surface area (Å²) in [5, 5.41) is 17.3. The summed E-state index contributed by atoms with van der Waals surface area (Å²) in [7, 11) is 0. The van der Waals surface area contributed by atoms with Crippen LogP contribution >= 0.6 is 0 Å². The molecule has 3 N–H and O–H groups in total. The normalized spacial score (nSPS) is 9.38. The second-order valence-electron chi connectivity index (χ2n) is 6.81. The van der Waals surface area contributed by atoms with Crippen molar-refractivity contribution in [2.75, 3.05) is 6.61 Å². The smallest absolute Gasteiger partial charge is 0.870 e. The molecule has 0 radical (unpaired) electrons. The Hall–Kier alpha value is -3.60. The Bertz CT molecular complexity index is 1400. The van der Waals surface area contributed by atoms with Gasteiger partial charge in [0.25, 0.3) is 0 Å². The van der Waals surface area contributed by atoms with Crippen molar-refractivity contribution >= 4 is 23.7 Å². The Kier molecular flexibility index (Phi) is 14.9. The molecule has 0 bridgehead atoms. The van der Waals surface area contributed by atoms with Gasteiger partial charge in [-0.15, -0.1) is 0 Å². The first kappa shape index (κ1) is 35.4. The molecule has 0 aliphatic heterocycles. The average molecular weight is 567 g/mol. The minimum atomic E-state index is -1.23. The summed E-state index contributed by atoms with van der Waals surface area (Å²) in [4.78, 5) is 59.2. The van der Waals surface area contributed by atoms with Crippen molar-refractivity contribution in [3.8, 4) is 23.2 Å². The molecule has 0 saturated heterocycles. The molecule has 0 unspecified atom stereocenters. The van der Waals surface area contributed by atoms with E-state index in [1.165, 1.54) is 31.5 Å². The molecule has 4 aromatic heterocycles. The first-order valence-electron chi connectivity index (χ1n) is 10.2. The number of aromatic carboxylic acids is 2. The largest absolute Gasteiger partial charge is 1.00 e. The predicted molar refractivity (Wildman–Crippen MR) is 128 cm³/mol. The van der Waals surface area contributed by atoms with Crippen LogP contribution in [0, 0.1) is 0 Å². The van der Waals surface area contributed by atoms with Gasteiger partial charge in [0.1, 0.15) is 11.4 Å². The molecule has 39 heavy (non-hydrogen) atoms. The van der Waals surface area contributed by atoms with Gasteiger partial charge in [-0.25, -0.2) is 24.4 Å². The number of nitrogens with zero attached hydrogens (tertiary/aromatic N) is 4. The van der Waals surface area contributed by atoms with Gasteiger partial charge in [-0.05, 0) is 38.1 Å². The first-order valence-corrected chi connectivity index (χ1v) is 10.2. The number of aromatic nitrogens is 4. The molecule has 0 spiro atoms. The Morgan fingerprint density at radius 3 is 1.64 bits per heavy atom. The van der Waals surface area contributed by atoms with Crippen molar-refractivity contribution in [2.45, 2.75) is 21.3 Å². The number of esters is 1. The molecule has 0 aliphatic carbocycles. The van der Waals surface area contributed by atoms with Gasteiger partial charge in [-0.3, -0.25) is 14.8 Å². The maximum absolute atomic E-state index is 11.4. The molecule has 14 nitrogen and oxygen atoms in total. The molecule has 4 heterocycles. The summed E-state index contributed by atoms with van der Waals surface area (Å²) in [5.74, 6) is -3.01. The van der Waals surface area contributed by atoms with Gasteiger partial charge >= 0.3 is 69.3 Å². The molecule has 0 atom stereocenters. The molecule has 0 saturated carbocycles. The number of ketones is 1. The van der Waals surface area contributed by atoms with Crippen LogP contribution in [0.2, 0.25) is 0 Å². The molecule has 0 amide bonds. The van der Waals surface area contributed by atoms with Crippen LogP contribution in [0.5, 0.6) is 0 Å². The quantitative estimate of drug-likeness (QED) is 0.178. The molecule has 0 aromatic carbocycles. The van der Waals surface area contributed by atoms with Gasteiger partial charge < -0.3 is 29.3 Å². The summed E-state index contributed by atoms with van der Waals surface area (Å²) in [6.07, 6.45) is 4.92. The van der Waals surface area contributed by atoms with Crippen LogP contribution in [-0.4, -0.2) is 65.9 Å². The Morgan fingerprint density at radius 1 is 0.769 bits per heavy atom. The van der Waals surface area contributed by atoms with E-state index in [1.807, 2.05) is 0 Å². The summed E-state index contributed by atoms with van der Waals surface area (Å²) in [6, 6.07) is 5.95. The van der Waals surface area contributed by atoms with Crippen LogP contribution < -0.4 is 51.4 Å². The number of ether oxygens (including phenoxy) is 1. The first-order chi connectivity index (χ1) is 17.2. The summed E-state index contributed by atoms with van der Waals surface area (Å²) in [5.41, 5.74) is 1.24. The van der Waals surface area contributed by atoms with Crippen LogP contribution in [0.1, 0.15) is 63.1 Å². The predicted octanol–water partition coefficient (Wildman–Crippen LogP) is 0.712. The molecule has 0 aliphatic rings. The van der Waals surface area contributed by atoms with Crippen molar-refractivity contribution in [3.05, 3.63) is 71.7 Å². The van der Waals surface area contributed by atoms with Gasteiger partial charge in [-0.1, -0.05) is 7.43 Å². The summed E-state index contributed by atoms with van der Waals surface area (Å²) < 4.78 is 15.0. The average Bonchev–Trinajstić information content (AvgIpc) is 3.56. The minimum absolute atomic E-state index is 0. The molecule has 200 valence electrons. The third kappa shape index (κ3) is 9.58. The van der Waals surface area contributed by atoms with Gasteiger partial charge in [0.2, 0.25) is 23.3 Å². The molecule has 0 fully saturated rings. The number of carboxylic acids is 2. The zero-order valence-corrected chi connectivity index (χ0v) is 23.4. The maximum Gasteiger partial charge on any atom is 1.00 e. The third-order valence-electron chi connectivity index (χ3n) is 4.32. The summed E-state index contributed by atoms with van der Waals surface area (Å²) >= 11 is 0. The number of hydrogen-bond acceptors (Lipinski definition) is 12. The monoisotopic (exact) mass is 566 g/mol. The number of pyridine rings is 2. The fraction of sp³-hybridized carbons (Fsp3) is 0.167. The van der Waals surface area contributed by atoms with Crippen molar-refractivity contribution in [1.29, 1.82) is 0 Å². The fourth-order valence-corrected chi connectivity index (χ4v) is 2.56. The third-order valence-corrected chi connectivity index (χ3v) is 4.32. The van der Waals surface area contributed by atoms with Crippen LogP contribution in [0.3, 0.4) is 0 Å². The standard InChI is InChI=1S/C13H12N2O4.C10H6N2O5.CH4.K.H2O/c1-3-18-13(17)11-7-15-12(19-11)10-5-4-9(6-14-10)8(2)16;13-9(14)5-1-2-6(11-3-5)8-12-4-7(17-8)10(15)16;;;/h4-7H,3H2,1-2H3;1-4H,(H,13,14)(H,15,16);1H4;;1H2/q;;;+1;/p-1. The van der Waals surface area contributed by atoms with Crippen molar-refractivity contribution < 1.29 is 99.8 Å². The van der Waals surface area contributed by atoms with E-state index in [-0.39, 0.29) is 111 Å². The van der Waals surface area contributed by atoms with E-state index in [2.05, 4.69) is 19.9 Å². The van der Waals surface area contributed by atoms with E-state index in [9.17, 15) is 19.2 Å². The van der Waals surface area contributed by atoms with E-state index in [4.69, 9.17) is 23.8 Å². The zero-order chi connectivity index (χ0) is 26.2. The number of carbonyl (C=O) groups excluding carboxylic acids is 2. The van der Waals surface area contributed by atoms with Gasteiger partial charge in [0.15, 0.2) is 5.78 Å². The number of carbonyl (C=O) groups is 4. The number of carboxylic acid groups (broad SMARTS) is 2. The van der Waals surface area contributed by atoms with E-state index in [1.54, 1.807) is 19.1 Å². The van der Waals surface area contributed by atoms with Gasteiger partial charge in [0, 0.05) is 18.0 Å². The Morgan fingerprint density at radius 2 is 1.26 bits per heavy atom. The molecule has 4 aromatic rings. The second-order valence-corrected chi connectivity index (χ2v) is 6.81. The Labute approximate surface area is 264 Å². The van der Waals surface area contributed by atoms with Gasteiger partial charge in [-0.2, -0.15) is 0 Å². The topological polar surface area (TPSA) is 226 Å². The van der Waals surface area contributed by atoms with Crippen molar-refractivity contribution in [1.82, 2.24) is 19.9 Å². The number of oxazole rings is 2. The zero-order valence-electron chi connectivity index (χ0n) is 20.3. The van der Waals surface area contributed by atoms with E-state index < -0.39 is 17.9 Å². The van der Waals surface area contributed by atoms with Crippen molar-refractivity contribution in [2.24, 2.45) is 0 Å². The number of rotatable bonds is 7. The molecule has 15 heteroatoms.